The van der Waals surface area contributed by atoms with Crippen molar-refractivity contribution in [2.75, 3.05) is 20.8 Å². The van der Waals surface area contributed by atoms with Gasteiger partial charge in [0.05, 0.1) is 25.8 Å². The molecule has 1 saturated heterocycles. The molecule has 188 valence electrons. The van der Waals surface area contributed by atoms with Gasteiger partial charge >= 0.3 is 0 Å². The molecule has 0 aliphatic carbocycles. The summed E-state index contributed by atoms with van der Waals surface area (Å²) in [4.78, 5) is 31.5. The van der Waals surface area contributed by atoms with E-state index in [2.05, 4.69) is 4.98 Å². The number of H-pyrrole nitrogens is 1. The summed E-state index contributed by atoms with van der Waals surface area (Å²) < 4.78 is 11.0. The van der Waals surface area contributed by atoms with Crippen LogP contribution in [0.15, 0.2) is 78.5 Å². The zero-order chi connectivity index (χ0) is 26.1. The number of halogens is 1. The number of aliphatic hydroxyl groups is 1. The molecule has 1 aliphatic rings. The first-order chi connectivity index (χ1) is 17.9. The van der Waals surface area contributed by atoms with Crippen LogP contribution in [0.3, 0.4) is 0 Å². The summed E-state index contributed by atoms with van der Waals surface area (Å²) in [5.41, 5.74) is 2.92. The van der Waals surface area contributed by atoms with Crippen molar-refractivity contribution in [3.8, 4) is 11.5 Å². The summed E-state index contributed by atoms with van der Waals surface area (Å²) in [5, 5.41) is 12.8. The van der Waals surface area contributed by atoms with E-state index < -0.39 is 17.7 Å². The topological polar surface area (TPSA) is 91.9 Å². The van der Waals surface area contributed by atoms with Gasteiger partial charge in [0.1, 0.15) is 17.3 Å². The summed E-state index contributed by atoms with van der Waals surface area (Å²) in [7, 11) is 3.05. The molecule has 37 heavy (non-hydrogen) atoms. The number of carbonyl (C=O) groups excluding carboxylic acids is 2. The maximum Gasteiger partial charge on any atom is 0.295 e. The molecule has 3 aromatic carbocycles. The molecule has 0 saturated carbocycles. The zero-order valence-electron chi connectivity index (χ0n) is 20.3. The second-order valence-corrected chi connectivity index (χ2v) is 9.15. The molecule has 1 amide bonds. The minimum atomic E-state index is -0.883. The van der Waals surface area contributed by atoms with E-state index in [0.29, 0.717) is 34.1 Å². The average molecular weight is 517 g/mol. The molecule has 0 radical (unpaired) electrons. The molecule has 1 atom stereocenters. The van der Waals surface area contributed by atoms with Crippen molar-refractivity contribution in [1.29, 1.82) is 0 Å². The predicted octanol–water partition coefficient (Wildman–Crippen LogP) is 5.50. The van der Waals surface area contributed by atoms with Crippen molar-refractivity contribution >= 4 is 40.0 Å². The summed E-state index contributed by atoms with van der Waals surface area (Å²) >= 11 is 6.02. The molecule has 1 fully saturated rings. The maximum atomic E-state index is 13.4. The number of benzene rings is 3. The number of fused-ring (bicyclic) bond motifs is 1. The van der Waals surface area contributed by atoms with Crippen LogP contribution in [0.5, 0.6) is 11.5 Å². The molecule has 1 aliphatic heterocycles. The van der Waals surface area contributed by atoms with Gasteiger partial charge in [-0.2, -0.15) is 0 Å². The fraction of sp³-hybridized carbons (Fsp3) is 0.172. The SMILES string of the molecule is COc1ccc(OC)c(C2/C(=C(/O)c3ccc(Cl)cc3)C(=O)C(=O)N2CCc2c[nH]c3ccccc23)c1. The molecule has 7 nitrogen and oxygen atoms in total. The van der Waals surface area contributed by atoms with E-state index in [-0.39, 0.29) is 17.9 Å². The smallest absolute Gasteiger partial charge is 0.295 e. The van der Waals surface area contributed by atoms with E-state index in [4.69, 9.17) is 21.1 Å². The molecule has 0 bridgehead atoms. The highest BCUT2D eigenvalue weighted by molar-refractivity contribution is 6.46. The quantitative estimate of drug-likeness (QED) is 0.192. The summed E-state index contributed by atoms with van der Waals surface area (Å²) in [6.07, 6.45) is 2.41. The van der Waals surface area contributed by atoms with Crippen molar-refractivity contribution in [3.05, 3.63) is 100 Å². The Balaban J connectivity index is 1.63. The molecule has 0 spiro atoms. The van der Waals surface area contributed by atoms with Crippen LogP contribution in [0, 0.1) is 0 Å². The Morgan fingerprint density at radius 2 is 1.78 bits per heavy atom. The van der Waals surface area contributed by atoms with Crippen LogP contribution in [0.4, 0.5) is 0 Å². The van der Waals surface area contributed by atoms with Crippen molar-refractivity contribution in [2.45, 2.75) is 12.5 Å². The minimum Gasteiger partial charge on any atom is -0.507 e. The van der Waals surface area contributed by atoms with Gasteiger partial charge in [-0.1, -0.05) is 29.8 Å². The Bertz CT molecular complexity index is 1520. The third-order valence-corrected chi connectivity index (χ3v) is 6.94. The van der Waals surface area contributed by atoms with Gasteiger partial charge in [-0.25, -0.2) is 0 Å². The van der Waals surface area contributed by atoms with Gasteiger partial charge in [0.15, 0.2) is 0 Å². The van der Waals surface area contributed by atoms with Crippen LogP contribution in [0.2, 0.25) is 5.02 Å². The van der Waals surface area contributed by atoms with Gasteiger partial charge in [-0.15, -0.1) is 0 Å². The molecule has 1 unspecified atom stereocenters. The number of ketones is 1. The van der Waals surface area contributed by atoms with Gasteiger partial charge in [0.25, 0.3) is 11.7 Å². The predicted molar refractivity (Wildman–Crippen MR) is 142 cm³/mol. The number of aromatic amines is 1. The summed E-state index contributed by atoms with van der Waals surface area (Å²) in [6.45, 7) is 0.245. The Kier molecular flexibility index (Phi) is 6.63. The highest BCUT2D eigenvalue weighted by atomic mass is 35.5. The first kappa shape index (κ1) is 24.5. The number of hydrogen-bond acceptors (Lipinski definition) is 5. The molecule has 2 N–H and O–H groups in total. The monoisotopic (exact) mass is 516 g/mol. The molecule has 8 heteroatoms. The first-order valence-corrected chi connectivity index (χ1v) is 12.1. The number of Topliss-reactive ketones (excluding diaryl/α,β-unsaturated/α-hetero) is 1. The van der Waals surface area contributed by atoms with Crippen LogP contribution < -0.4 is 9.47 Å². The number of rotatable bonds is 7. The number of aliphatic hydroxyl groups excluding tert-OH is 1. The van der Waals surface area contributed by atoms with Gasteiger partial charge < -0.3 is 24.5 Å². The lowest BCUT2D eigenvalue weighted by atomic mass is 9.94. The Hall–Kier alpha value is -4.23. The number of aromatic nitrogens is 1. The fourth-order valence-electron chi connectivity index (χ4n) is 4.83. The van der Waals surface area contributed by atoms with Crippen molar-refractivity contribution < 1.29 is 24.2 Å². The third-order valence-electron chi connectivity index (χ3n) is 6.69. The number of carbonyl (C=O) groups is 2. The molecular formula is C29H25ClN2O5. The van der Waals surface area contributed by atoms with Crippen LogP contribution in [0.1, 0.15) is 22.7 Å². The van der Waals surface area contributed by atoms with Gasteiger partial charge in [-0.3, -0.25) is 9.59 Å². The fourth-order valence-corrected chi connectivity index (χ4v) is 4.96. The average Bonchev–Trinajstić information content (AvgIpc) is 3.45. The van der Waals surface area contributed by atoms with Crippen molar-refractivity contribution in [1.82, 2.24) is 9.88 Å². The van der Waals surface area contributed by atoms with E-state index in [1.165, 1.54) is 19.1 Å². The molecule has 5 rings (SSSR count). The molecule has 4 aromatic rings. The Labute approximate surface area is 218 Å². The zero-order valence-corrected chi connectivity index (χ0v) is 21.1. The Morgan fingerprint density at radius 1 is 1.03 bits per heavy atom. The maximum absolute atomic E-state index is 13.4. The Morgan fingerprint density at radius 3 is 2.51 bits per heavy atom. The minimum absolute atomic E-state index is 0.0159. The van der Waals surface area contributed by atoms with E-state index >= 15 is 0 Å². The van der Waals surface area contributed by atoms with E-state index in [1.807, 2.05) is 30.5 Å². The molecule has 1 aromatic heterocycles. The van der Waals surface area contributed by atoms with Crippen LogP contribution >= 0.6 is 11.6 Å². The van der Waals surface area contributed by atoms with E-state index in [1.54, 1.807) is 42.5 Å². The van der Waals surface area contributed by atoms with Crippen molar-refractivity contribution in [2.24, 2.45) is 0 Å². The lowest BCUT2D eigenvalue weighted by Gasteiger charge is -2.27. The third kappa shape index (κ3) is 4.42. The largest absolute Gasteiger partial charge is 0.507 e. The number of para-hydroxylation sites is 1. The normalized spacial score (nSPS) is 16.9. The van der Waals surface area contributed by atoms with Crippen LogP contribution in [0.25, 0.3) is 16.7 Å². The number of nitrogens with zero attached hydrogens (tertiary/aromatic N) is 1. The second-order valence-electron chi connectivity index (χ2n) is 8.72. The lowest BCUT2D eigenvalue weighted by molar-refractivity contribution is -0.139. The van der Waals surface area contributed by atoms with Crippen LogP contribution in [-0.2, 0) is 16.0 Å². The number of methoxy groups -OCH3 is 2. The van der Waals surface area contributed by atoms with E-state index in [0.717, 1.165) is 16.5 Å². The van der Waals surface area contributed by atoms with E-state index in [9.17, 15) is 14.7 Å². The van der Waals surface area contributed by atoms with Crippen molar-refractivity contribution in [3.63, 3.8) is 0 Å². The number of ether oxygens (including phenoxy) is 2. The van der Waals surface area contributed by atoms with Crippen LogP contribution in [-0.4, -0.2) is 47.4 Å². The standard InChI is InChI=1S/C29H25ClN2O5/c1-36-20-11-12-24(37-2)22(15-20)26-25(27(33)17-7-9-19(30)10-8-17)28(34)29(35)32(26)14-13-18-16-31-23-6-4-3-5-21(18)23/h3-12,15-16,26,31,33H,13-14H2,1-2H3/b27-25-. The number of hydrogen-bond donors (Lipinski definition) is 2. The number of nitrogens with one attached hydrogen (secondary N) is 1. The lowest BCUT2D eigenvalue weighted by Crippen LogP contribution is -2.31. The summed E-state index contributed by atoms with van der Waals surface area (Å²) in [6, 6.07) is 18.6. The first-order valence-electron chi connectivity index (χ1n) is 11.7. The number of amides is 1. The number of likely N-dealkylation sites (tertiary alicyclic amines) is 1. The highest BCUT2D eigenvalue weighted by Crippen LogP contribution is 2.44. The molecule has 2 heterocycles. The highest BCUT2D eigenvalue weighted by Gasteiger charge is 2.47. The van der Waals surface area contributed by atoms with Gasteiger partial charge in [-0.05, 0) is 60.5 Å². The molecular weight excluding hydrogens is 492 g/mol. The van der Waals surface area contributed by atoms with Gasteiger partial charge in [0, 0.05) is 39.8 Å². The van der Waals surface area contributed by atoms with Gasteiger partial charge in [0.2, 0.25) is 0 Å². The summed E-state index contributed by atoms with van der Waals surface area (Å²) in [5.74, 6) is -0.734. The second kappa shape index (κ2) is 10.0.